The number of rotatable bonds is 7. The summed E-state index contributed by atoms with van der Waals surface area (Å²) in [6.07, 6.45) is 2.69. The highest BCUT2D eigenvalue weighted by Crippen LogP contribution is 2.20. The molecule has 1 N–H and O–H groups in total. The molecule has 0 radical (unpaired) electrons. The molecule has 2 aromatic carbocycles. The molecule has 1 amide bonds. The number of hydrogen-bond donors (Lipinski definition) is 1. The van der Waals surface area contributed by atoms with Gasteiger partial charge in [-0.05, 0) is 43.3 Å². The molecule has 0 aliphatic rings. The third-order valence-corrected chi connectivity index (χ3v) is 5.19. The summed E-state index contributed by atoms with van der Waals surface area (Å²) in [6, 6.07) is 12.7. The zero-order valence-corrected chi connectivity index (χ0v) is 17.2. The Hall–Kier alpha value is -3.53. The Morgan fingerprint density at radius 2 is 1.87 bits per heavy atom. The number of carbonyl (C=O) groups is 2. The number of hydrogen-bond acceptors (Lipinski definition) is 7. The Morgan fingerprint density at radius 3 is 2.53 bits per heavy atom. The molecule has 0 saturated heterocycles. The van der Waals surface area contributed by atoms with Crippen molar-refractivity contribution in [3.63, 3.8) is 0 Å². The maximum Gasteiger partial charge on any atom is 0.338 e. The van der Waals surface area contributed by atoms with Crippen LogP contribution in [0.15, 0.2) is 59.6 Å². The molecule has 1 heterocycles. The largest absolute Gasteiger partial charge is 0.462 e. The van der Waals surface area contributed by atoms with Gasteiger partial charge in [-0.25, -0.2) is 17.9 Å². The van der Waals surface area contributed by atoms with Gasteiger partial charge in [0.25, 0.3) is 0 Å². The summed E-state index contributed by atoms with van der Waals surface area (Å²) < 4.78 is 29.7. The second-order valence-corrected chi connectivity index (χ2v) is 8.46. The van der Waals surface area contributed by atoms with Crippen LogP contribution in [0.25, 0.3) is 11.3 Å². The van der Waals surface area contributed by atoms with Crippen LogP contribution in [0.1, 0.15) is 17.3 Å². The van der Waals surface area contributed by atoms with E-state index in [1.807, 2.05) is 0 Å². The van der Waals surface area contributed by atoms with Crippen LogP contribution in [0.4, 0.5) is 5.69 Å². The Bertz CT molecular complexity index is 1170. The predicted molar refractivity (Wildman–Crippen MR) is 110 cm³/mol. The Kier molecular flexibility index (Phi) is 6.26. The number of amides is 1. The Morgan fingerprint density at radius 1 is 1.13 bits per heavy atom. The first kappa shape index (κ1) is 21.2. The van der Waals surface area contributed by atoms with Crippen molar-refractivity contribution in [2.45, 2.75) is 18.4 Å². The minimum atomic E-state index is -3.34. The van der Waals surface area contributed by atoms with Crippen LogP contribution >= 0.6 is 0 Å². The van der Waals surface area contributed by atoms with E-state index in [-0.39, 0.29) is 24.0 Å². The van der Waals surface area contributed by atoms with E-state index in [0.29, 0.717) is 22.5 Å². The molecule has 9 nitrogen and oxygen atoms in total. The summed E-state index contributed by atoms with van der Waals surface area (Å²) in [5, 5.41) is 10.6. The van der Waals surface area contributed by atoms with E-state index >= 15 is 0 Å². The van der Waals surface area contributed by atoms with Gasteiger partial charge < -0.3 is 10.1 Å². The van der Waals surface area contributed by atoms with Crippen molar-refractivity contribution in [1.29, 1.82) is 0 Å². The van der Waals surface area contributed by atoms with Crippen LogP contribution < -0.4 is 5.32 Å². The average Bonchev–Trinajstić information content (AvgIpc) is 3.16. The molecule has 156 valence electrons. The fourth-order valence-corrected chi connectivity index (χ4v) is 3.31. The van der Waals surface area contributed by atoms with Crippen LogP contribution in [-0.4, -0.2) is 48.2 Å². The minimum Gasteiger partial charge on any atom is -0.462 e. The summed E-state index contributed by atoms with van der Waals surface area (Å²) in [6.45, 7) is 1.93. The van der Waals surface area contributed by atoms with E-state index in [0.717, 1.165) is 6.26 Å². The quantitative estimate of drug-likeness (QED) is 0.573. The maximum atomic E-state index is 12.3. The molecule has 3 aromatic rings. The van der Waals surface area contributed by atoms with Crippen LogP contribution in [0.2, 0.25) is 0 Å². The lowest BCUT2D eigenvalue weighted by molar-refractivity contribution is -0.116. The average molecular weight is 428 g/mol. The number of nitrogens with zero attached hydrogens (tertiary/aromatic N) is 3. The van der Waals surface area contributed by atoms with Crippen LogP contribution in [0.5, 0.6) is 0 Å². The number of sulfone groups is 1. The Balaban J connectivity index is 1.65. The standard InChI is InChI=1S/C20H20N4O5S/c1-3-29-20(26)14-7-9-16(10-8-14)21-19(25)13-24-12-18(22-23-24)15-5-4-6-17(11-15)30(2,27)28/h4-12H,3,13H2,1-2H3,(H,21,25). The lowest BCUT2D eigenvalue weighted by Crippen LogP contribution is -2.19. The number of nitrogens with one attached hydrogen (secondary N) is 1. The molecule has 0 unspecified atom stereocenters. The van der Waals surface area contributed by atoms with Gasteiger partial charge >= 0.3 is 5.97 Å². The smallest absolute Gasteiger partial charge is 0.338 e. The summed E-state index contributed by atoms with van der Waals surface area (Å²) in [4.78, 5) is 24.1. The summed E-state index contributed by atoms with van der Waals surface area (Å²) in [7, 11) is -3.34. The van der Waals surface area contributed by atoms with E-state index in [9.17, 15) is 18.0 Å². The monoisotopic (exact) mass is 428 g/mol. The fourth-order valence-electron chi connectivity index (χ4n) is 2.65. The molecular formula is C20H20N4O5S. The fraction of sp³-hybridized carbons (Fsp3) is 0.200. The van der Waals surface area contributed by atoms with E-state index in [1.54, 1.807) is 49.5 Å². The number of aromatic nitrogens is 3. The van der Waals surface area contributed by atoms with Gasteiger partial charge in [-0.3, -0.25) is 4.79 Å². The van der Waals surface area contributed by atoms with E-state index < -0.39 is 15.8 Å². The molecular weight excluding hydrogens is 408 g/mol. The molecule has 0 aliphatic heterocycles. The van der Waals surface area contributed by atoms with Crippen molar-refractivity contribution in [1.82, 2.24) is 15.0 Å². The molecule has 0 bridgehead atoms. The lowest BCUT2D eigenvalue weighted by Gasteiger charge is -2.06. The Labute approximate surface area is 173 Å². The van der Waals surface area contributed by atoms with Crippen LogP contribution in [0.3, 0.4) is 0 Å². The second-order valence-electron chi connectivity index (χ2n) is 6.45. The number of esters is 1. The zero-order valence-electron chi connectivity index (χ0n) is 16.4. The highest BCUT2D eigenvalue weighted by molar-refractivity contribution is 7.90. The molecule has 3 rings (SSSR count). The number of carbonyl (C=O) groups excluding carboxylic acids is 2. The third-order valence-electron chi connectivity index (χ3n) is 4.08. The molecule has 30 heavy (non-hydrogen) atoms. The molecule has 0 spiro atoms. The van der Waals surface area contributed by atoms with Gasteiger partial charge in [0.2, 0.25) is 5.91 Å². The number of benzene rings is 2. The van der Waals surface area contributed by atoms with Crippen molar-refractivity contribution in [3.8, 4) is 11.3 Å². The lowest BCUT2D eigenvalue weighted by atomic mass is 10.2. The highest BCUT2D eigenvalue weighted by atomic mass is 32.2. The highest BCUT2D eigenvalue weighted by Gasteiger charge is 2.12. The van der Waals surface area contributed by atoms with Gasteiger partial charge in [0.15, 0.2) is 9.84 Å². The van der Waals surface area contributed by atoms with Crippen molar-refractivity contribution >= 4 is 27.4 Å². The van der Waals surface area contributed by atoms with Crippen molar-refractivity contribution in [2.24, 2.45) is 0 Å². The zero-order chi connectivity index (χ0) is 21.7. The third kappa shape index (κ3) is 5.29. The summed E-state index contributed by atoms with van der Waals surface area (Å²) in [5.41, 5.74) is 1.95. The van der Waals surface area contributed by atoms with Gasteiger partial charge in [0, 0.05) is 17.5 Å². The van der Waals surface area contributed by atoms with Gasteiger partial charge in [-0.2, -0.15) is 0 Å². The van der Waals surface area contributed by atoms with Gasteiger partial charge in [0.05, 0.1) is 23.3 Å². The molecule has 1 aromatic heterocycles. The first-order valence-electron chi connectivity index (χ1n) is 9.04. The van der Waals surface area contributed by atoms with E-state index in [4.69, 9.17) is 4.74 Å². The number of ether oxygens (including phenoxy) is 1. The predicted octanol–water partition coefficient (Wildman–Crippen LogP) is 2.16. The summed E-state index contributed by atoms with van der Waals surface area (Å²) in [5.74, 6) is -0.759. The topological polar surface area (TPSA) is 120 Å². The van der Waals surface area contributed by atoms with Gasteiger partial charge in [-0.1, -0.05) is 17.3 Å². The first-order valence-corrected chi connectivity index (χ1v) is 10.9. The normalized spacial score (nSPS) is 11.1. The minimum absolute atomic E-state index is 0.0849. The molecule has 0 atom stereocenters. The van der Waals surface area contributed by atoms with Gasteiger partial charge in [-0.15, -0.1) is 5.10 Å². The van der Waals surface area contributed by atoms with Gasteiger partial charge in [0.1, 0.15) is 12.2 Å². The molecule has 0 saturated carbocycles. The van der Waals surface area contributed by atoms with Crippen LogP contribution in [0, 0.1) is 0 Å². The maximum absolute atomic E-state index is 12.3. The van der Waals surface area contributed by atoms with E-state index in [2.05, 4.69) is 15.6 Å². The van der Waals surface area contributed by atoms with Crippen molar-refractivity contribution < 1.29 is 22.7 Å². The molecule has 0 fully saturated rings. The first-order chi connectivity index (χ1) is 14.3. The SMILES string of the molecule is CCOC(=O)c1ccc(NC(=O)Cn2cc(-c3cccc(S(C)(=O)=O)c3)nn2)cc1. The number of anilines is 1. The van der Waals surface area contributed by atoms with Crippen molar-refractivity contribution in [2.75, 3.05) is 18.2 Å². The summed E-state index contributed by atoms with van der Waals surface area (Å²) >= 11 is 0. The molecule has 0 aliphatic carbocycles. The second kappa shape index (κ2) is 8.87. The van der Waals surface area contributed by atoms with Crippen LogP contribution in [-0.2, 0) is 25.9 Å². The van der Waals surface area contributed by atoms with E-state index in [1.165, 1.54) is 16.8 Å². The molecule has 10 heteroatoms. The van der Waals surface area contributed by atoms with Crippen molar-refractivity contribution in [3.05, 3.63) is 60.3 Å².